The average Bonchev–Trinajstić information content (AvgIpc) is 2.58. The standard InChI is InChI=1S/C9H14ClNOS2/c1-2-14(12)4-3-11-6-9-5-8(10)7-13-9/h5,7,11H,2-4,6H2,1H3. The molecule has 0 aliphatic rings. The molecule has 0 aliphatic heterocycles. The normalized spacial score (nSPS) is 13.0. The van der Waals surface area contributed by atoms with Gasteiger partial charge in [0.1, 0.15) is 0 Å². The van der Waals surface area contributed by atoms with Crippen molar-refractivity contribution in [2.45, 2.75) is 13.5 Å². The zero-order valence-electron chi connectivity index (χ0n) is 8.09. The maximum absolute atomic E-state index is 11.1. The molecule has 0 aromatic carbocycles. The highest BCUT2D eigenvalue weighted by atomic mass is 35.5. The Morgan fingerprint density at radius 2 is 2.43 bits per heavy atom. The minimum atomic E-state index is -0.665. The molecule has 0 fully saturated rings. The van der Waals surface area contributed by atoms with Crippen LogP contribution in [0.15, 0.2) is 11.4 Å². The first-order chi connectivity index (χ1) is 6.72. The molecule has 0 saturated carbocycles. The van der Waals surface area contributed by atoms with Gasteiger partial charge in [-0.25, -0.2) is 0 Å². The molecular weight excluding hydrogens is 238 g/mol. The molecule has 14 heavy (non-hydrogen) atoms. The summed E-state index contributed by atoms with van der Waals surface area (Å²) >= 11 is 7.42. The zero-order valence-corrected chi connectivity index (χ0v) is 10.5. The molecule has 1 unspecified atom stereocenters. The van der Waals surface area contributed by atoms with E-state index in [-0.39, 0.29) is 0 Å². The predicted octanol–water partition coefficient (Wildman–Crippen LogP) is 2.26. The number of thiophene rings is 1. The van der Waals surface area contributed by atoms with E-state index in [9.17, 15) is 4.21 Å². The van der Waals surface area contributed by atoms with Crippen LogP contribution in [0.25, 0.3) is 0 Å². The molecule has 2 nitrogen and oxygen atoms in total. The van der Waals surface area contributed by atoms with Crippen molar-refractivity contribution in [3.63, 3.8) is 0 Å². The lowest BCUT2D eigenvalue weighted by Crippen LogP contribution is -2.20. The van der Waals surface area contributed by atoms with Gasteiger partial charge in [-0.05, 0) is 6.07 Å². The molecule has 1 aromatic heterocycles. The monoisotopic (exact) mass is 251 g/mol. The topological polar surface area (TPSA) is 29.1 Å². The number of hydrogen-bond donors (Lipinski definition) is 1. The molecular formula is C9H14ClNOS2. The number of halogens is 1. The molecule has 1 rings (SSSR count). The molecule has 0 spiro atoms. The van der Waals surface area contributed by atoms with E-state index in [1.807, 2.05) is 18.4 Å². The molecule has 80 valence electrons. The fourth-order valence-electron chi connectivity index (χ4n) is 0.988. The van der Waals surface area contributed by atoms with Gasteiger partial charge in [0.2, 0.25) is 0 Å². The van der Waals surface area contributed by atoms with Crippen molar-refractivity contribution in [2.24, 2.45) is 0 Å². The van der Waals surface area contributed by atoms with Crippen molar-refractivity contribution >= 4 is 33.7 Å². The van der Waals surface area contributed by atoms with Crippen LogP contribution in [0.3, 0.4) is 0 Å². The van der Waals surface area contributed by atoms with Crippen LogP contribution in [-0.2, 0) is 17.3 Å². The van der Waals surface area contributed by atoms with E-state index in [0.717, 1.165) is 29.6 Å². The quantitative estimate of drug-likeness (QED) is 0.786. The summed E-state index contributed by atoms with van der Waals surface area (Å²) in [4.78, 5) is 1.22. The van der Waals surface area contributed by atoms with E-state index < -0.39 is 10.8 Å². The smallest absolute Gasteiger partial charge is 0.0516 e. The number of rotatable bonds is 6. The molecule has 1 heterocycles. The Morgan fingerprint density at radius 3 is 3.00 bits per heavy atom. The minimum Gasteiger partial charge on any atom is -0.311 e. The van der Waals surface area contributed by atoms with Crippen LogP contribution in [0, 0.1) is 0 Å². The maximum atomic E-state index is 11.1. The van der Waals surface area contributed by atoms with Crippen LogP contribution < -0.4 is 5.32 Å². The van der Waals surface area contributed by atoms with Crippen molar-refractivity contribution in [1.82, 2.24) is 5.32 Å². The summed E-state index contributed by atoms with van der Waals surface area (Å²) < 4.78 is 11.1. The Kier molecular flexibility index (Phi) is 5.70. The molecule has 0 saturated heterocycles. The van der Waals surface area contributed by atoms with Crippen molar-refractivity contribution in [3.8, 4) is 0 Å². The first-order valence-corrected chi connectivity index (χ1v) is 7.25. The molecule has 5 heteroatoms. The lowest BCUT2D eigenvalue weighted by Gasteiger charge is -2.01. The molecule has 0 bridgehead atoms. The van der Waals surface area contributed by atoms with Crippen LogP contribution in [-0.4, -0.2) is 22.3 Å². The lowest BCUT2D eigenvalue weighted by molar-refractivity contribution is 0.675. The van der Waals surface area contributed by atoms with Gasteiger partial charge >= 0.3 is 0 Å². The predicted molar refractivity (Wildman–Crippen MR) is 64.6 cm³/mol. The van der Waals surface area contributed by atoms with Crippen LogP contribution >= 0.6 is 22.9 Å². The van der Waals surface area contributed by atoms with E-state index in [0.29, 0.717) is 0 Å². The van der Waals surface area contributed by atoms with E-state index >= 15 is 0 Å². The van der Waals surface area contributed by atoms with E-state index in [1.165, 1.54) is 4.88 Å². The van der Waals surface area contributed by atoms with E-state index in [1.54, 1.807) is 11.3 Å². The van der Waals surface area contributed by atoms with Crippen molar-refractivity contribution in [3.05, 3.63) is 21.3 Å². The lowest BCUT2D eigenvalue weighted by atomic mass is 10.4. The van der Waals surface area contributed by atoms with Gasteiger partial charge in [0.15, 0.2) is 0 Å². The Morgan fingerprint density at radius 1 is 1.64 bits per heavy atom. The second kappa shape index (κ2) is 6.56. The highest BCUT2D eigenvalue weighted by Gasteiger charge is 1.98. The van der Waals surface area contributed by atoms with Gasteiger partial charge in [0.25, 0.3) is 0 Å². The largest absolute Gasteiger partial charge is 0.311 e. The summed E-state index contributed by atoms with van der Waals surface area (Å²) in [7, 11) is -0.665. The van der Waals surface area contributed by atoms with E-state index in [4.69, 9.17) is 11.6 Å². The molecule has 1 atom stereocenters. The van der Waals surface area contributed by atoms with E-state index in [2.05, 4.69) is 5.32 Å². The SMILES string of the molecule is CCS(=O)CCNCc1cc(Cl)cs1. The van der Waals surface area contributed by atoms with Gasteiger partial charge in [0, 0.05) is 45.7 Å². The van der Waals surface area contributed by atoms with Crippen molar-refractivity contribution in [1.29, 1.82) is 0 Å². The first-order valence-electron chi connectivity index (χ1n) is 4.51. The fraction of sp³-hybridized carbons (Fsp3) is 0.556. The van der Waals surface area contributed by atoms with Crippen molar-refractivity contribution < 1.29 is 4.21 Å². The molecule has 1 N–H and O–H groups in total. The van der Waals surface area contributed by atoms with Crippen LogP contribution in [0.4, 0.5) is 0 Å². The summed E-state index contributed by atoms with van der Waals surface area (Å²) in [5.41, 5.74) is 0. The number of hydrogen-bond acceptors (Lipinski definition) is 3. The van der Waals surface area contributed by atoms with Gasteiger partial charge < -0.3 is 5.32 Å². The Labute approximate surface area is 96.1 Å². The second-order valence-electron chi connectivity index (χ2n) is 2.84. The van der Waals surface area contributed by atoms with Gasteiger partial charge in [-0.15, -0.1) is 11.3 Å². The summed E-state index contributed by atoms with van der Waals surface area (Å²) in [5.74, 6) is 1.47. The fourth-order valence-corrected chi connectivity index (χ4v) is 2.69. The average molecular weight is 252 g/mol. The highest BCUT2D eigenvalue weighted by molar-refractivity contribution is 7.84. The number of nitrogens with one attached hydrogen (secondary N) is 1. The highest BCUT2D eigenvalue weighted by Crippen LogP contribution is 2.18. The summed E-state index contributed by atoms with van der Waals surface area (Å²) in [6.45, 7) is 3.56. The molecule has 1 aromatic rings. The molecule has 0 radical (unpaired) electrons. The zero-order chi connectivity index (χ0) is 10.4. The minimum absolute atomic E-state index is 0.665. The van der Waals surface area contributed by atoms with Gasteiger partial charge in [-0.1, -0.05) is 18.5 Å². The third-order valence-corrected chi connectivity index (χ3v) is 4.34. The van der Waals surface area contributed by atoms with Crippen molar-refractivity contribution in [2.75, 3.05) is 18.1 Å². The first kappa shape index (κ1) is 12.2. The van der Waals surface area contributed by atoms with Gasteiger partial charge in [-0.2, -0.15) is 0 Å². The third-order valence-electron chi connectivity index (χ3n) is 1.75. The summed E-state index contributed by atoms with van der Waals surface area (Å²) in [5, 5.41) is 5.95. The van der Waals surface area contributed by atoms with Crippen LogP contribution in [0.2, 0.25) is 5.02 Å². The summed E-state index contributed by atoms with van der Waals surface area (Å²) in [6.07, 6.45) is 0. The maximum Gasteiger partial charge on any atom is 0.0516 e. The van der Waals surface area contributed by atoms with Crippen LogP contribution in [0.1, 0.15) is 11.8 Å². The Bertz CT molecular complexity index is 301. The Balaban J connectivity index is 2.13. The Hall–Kier alpha value is 0.1000. The van der Waals surface area contributed by atoms with Crippen LogP contribution in [0.5, 0.6) is 0 Å². The van der Waals surface area contributed by atoms with Gasteiger partial charge in [-0.3, -0.25) is 4.21 Å². The molecule has 0 aliphatic carbocycles. The van der Waals surface area contributed by atoms with Gasteiger partial charge in [0.05, 0.1) is 5.02 Å². The second-order valence-corrected chi connectivity index (χ2v) is 6.14. The third kappa shape index (κ3) is 4.55. The summed E-state index contributed by atoms with van der Waals surface area (Å²) in [6, 6.07) is 1.95. The molecule has 0 amide bonds.